The number of nitrogens with zero attached hydrogens (tertiary/aromatic N) is 3. The summed E-state index contributed by atoms with van der Waals surface area (Å²) >= 11 is 6.37. The number of hydrogen-bond acceptors (Lipinski definition) is 3. The van der Waals surface area contributed by atoms with Crippen LogP contribution in [0.15, 0.2) is 54.6 Å². The molecule has 1 fully saturated rings. The van der Waals surface area contributed by atoms with Gasteiger partial charge in [-0.25, -0.2) is 4.98 Å². The van der Waals surface area contributed by atoms with Crippen LogP contribution in [0.5, 0.6) is 5.75 Å². The Hall–Kier alpha value is -2.77. The van der Waals surface area contributed by atoms with Gasteiger partial charge in [0, 0.05) is 29.4 Å². The van der Waals surface area contributed by atoms with E-state index >= 15 is 0 Å². The summed E-state index contributed by atoms with van der Waals surface area (Å²) in [5.41, 5.74) is 3.10. The zero-order chi connectivity index (χ0) is 22.3. The van der Waals surface area contributed by atoms with Crippen molar-refractivity contribution in [2.24, 2.45) is 0 Å². The van der Waals surface area contributed by atoms with Crippen molar-refractivity contribution in [1.29, 1.82) is 0 Å². The lowest BCUT2D eigenvalue weighted by Gasteiger charge is -2.17. The fraction of sp³-hybridized carbons (Fsp3) is 0.292. The van der Waals surface area contributed by atoms with Crippen molar-refractivity contribution in [1.82, 2.24) is 14.5 Å². The third kappa shape index (κ3) is 4.27. The van der Waals surface area contributed by atoms with E-state index in [1.54, 1.807) is 12.1 Å². The monoisotopic (exact) mass is 459 g/mol. The van der Waals surface area contributed by atoms with Gasteiger partial charge in [0.15, 0.2) is 0 Å². The molecular weight excluding hydrogens is 439 g/mol. The Bertz CT molecular complexity index is 1280. The molecule has 2 aromatic heterocycles. The van der Waals surface area contributed by atoms with Crippen LogP contribution >= 0.6 is 11.6 Å². The van der Waals surface area contributed by atoms with Gasteiger partial charge in [-0.1, -0.05) is 29.8 Å². The smallest absolute Gasteiger partial charge is 0.406 e. The lowest BCUT2D eigenvalue weighted by molar-refractivity contribution is -0.274. The molecule has 0 saturated carbocycles. The number of rotatable bonds is 5. The SMILES string of the molecule is FC(F)(F)Oc1ccc2c(c1)cc(-c1ccc3cccc(Cl)c3n1)n2CCN1CCCC1. The molecule has 4 aromatic rings. The number of alkyl halides is 3. The van der Waals surface area contributed by atoms with Gasteiger partial charge in [-0.05, 0) is 62.3 Å². The average molecular weight is 460 g/mol. The number of para-hydroxylation sites is 1. The Kier molecular flexibility index (Phi) is 5.47. The Morgan fingerprint density at radius 1 is 0.938 bits per heavy atom. The number of benzene rings is 2. The van der Waals surface area contributed by atoms with Gasteiger partial charge in [0.05, 0.1) is 21.9 Å². The number of likely N-dealkylation sites (tertiary alicyclic amines) is 1. The number of ether oxygens (including phenoxy) is 1. The third-order valence-corrected chi connectivity index (χ3v) is 6.18. The maximum atomic E-state index is 12.7. The van der Waals surface area contributed by atoms with E-state index in [9.17, 15) is 13.2 Å². The lowest BCUT2D eigenvalue weighted by Crippen LogP contribution is -2.24. The average Bonchev–Trinajstić information content (AvgIpc) is 3.38. The maximum Gasteiger partial charge on any atom is 0.573 e. The van der Waals surface area contributed by atoms with E-state index in [2.05, 4.69) is 14.2 Å². The van der Waals surface area contributed by atoms with Crippen LogP contribution < -0.4 is 4.74 Å². The molecule has 1 saturated heterocycles. The number of pyridine rings is 1. The second kappa shape index (κ2) is 8.30. The van der Waals surface area contributed by atoms with E-state index in [1.165, 1.54) is 25.0 Å². The third-order valence-electron chi connectivity index (χ3n) is 5.88. The molecule has 0 spiro atoms. The van der Waals surface area contributed by atoms with E-state index in [-0.39, 0.29) is 5.75 Å². The predicted octanol–water partition coefficient (Wildman–Crippen LogP) is 6.50. The first-order chi connectivity index (χ1) is 15.4. The van der Waals surface area contributed by atoms with Gasteiger partial charge in [-0.2, -0.15) is 0 Å². The molecule has 3 heterocycles. The van der Waals surface area contributed by atoms with Crippen LogP contribution in [0.25, 0.3) is 33.2 Å². The second-order valence-electron chi connectivity index (χ2n) is 8.01. The second-order valence-corrected chi connectivity index (χ2v) is 8.41. The van der Waals surface area contributed by atoms with E-state index in [0.29, 0.717) is 22.5 Å². The summed E-state index contributed by atoms with van der Waals surface area (Å²) in [6.45, 7) is 3.72. The number of aromatic nitrogens is 2. The van der Waals surface area contributed by atoms with Crippen LogP contribution in [-0.4, -0.2) is 40.4 Å². The summed E-state index contributed by atoms with van der Waals surface area (Å²) in [6.07, 6.45) is -2.34. The van der Waals surface area contributed by atoms with Crippen molar-refractivity contribution in [3.8, 4) is 17.1 Å². The Morgan fingerprint density at radius 3 is 2.53 bits per heavy atom. The highest BCUT2D eigenvalue weighted by Gasteiger charge is 2.31. The van der Waals surface area contributed by atoms with Crippen molar-refractivity contribution in [3.05, 3.63) is 59.6 Å². The van der Waals surface area contributed by atoms with Gasteiger partial charge >= 0.3 is 6.36 Å². The normalized spacial score (nSPS) is 15.1. The lowest BCUT2D eigenvalue weighted by atomic mass is 10.1. The molecule has 5 rings (SSSR count). The first-order valence-electron chi connectivity index (χ1n) is 10.5. The number of hydrogen-bond donors (Lipinski definition) is 0. The molecule has 166 valence electrons. The van der Waals surface area contributed by atoms with Gasteiger partial charge in [0.2, 0.25) is 0 Å². The van der Waals surface area contributed by atoms with E-state index < -0.39 is 6.36 Å². The quantitative estimate of drug-likeness (QED) is 0.341. The van der Waals surface area contributed by atoms with Gasteiger partial charge in [-0.3, -0.25) is 0 Å². The molecule has 0 unspecified atom stereocenters. The fourth-order valence-electron chi connectivity index (χ4n) is 4.40. The van der Waals surface area contributed by atoms with Crippen LogP contribution in [0.2, 0.25) is 5.02 Å². The molecule has 0 N–H and O–H groups in total. The minimum absolute atomic E-state index is 0.234. The van der Waals surface area contributed by atoms with Crippen LogP contribution in [0.4, 0.5) is 13.2 Å². The molecule has 1 aliphatic rings. The number of halogens is 4. The molecule has 0 atom stereocenters. The zero-order valence-electron chi connectivity index (χ0n) is 17.2. The van der Waals surface area contributed by atoms with E-state index in [4.69, 9.17) is 16.6 Å². The Balaban J connectivity index is 1.60. The van der Waals surface area contributed by atoms with Crippen LogP contribution in [-0.2, 0) is 6.54 Å². The summed E-state index contributed by atoms with van der Waals surface area (Å²) < 4.78 is 44.4. The molecule has 0 amide bonds. The van der Waals surface area contributed by atoms with Crippen LogP contribution in [0, 0.1) is 0 Å². The molecule has 32 heavy (non-hydrogen) atoms. The fourth-order valence-corrected chi connectivity index (χ4v) is 4.62. The molecule has 0 radical (unpaired) electrons. The van der Waals surface area contributed by atoms with Crippen molar-refractivity contribution < 1.29 is 17.9 Å². The van der Waals surface area contributed by atoms with Crippen molar-refractivity contribution in [2.45, 2.75) is 25.7 Å². The molecule has 2 aromatic carbocycles. The molecule has 0 aliphatic carbocycles. The van der Waals surface area contributed by atoms with E-state index in [1.807, 2.05) is 30.3 Å². The van der Waals surface area contributed by atoms with Gasteiger partial charge in [0.25, 0.3) is 0 Å². The summed E-state index contributed by atoms with van der Waals surface area (Å²) in [5, 5.41) is 2.16. The van der Waals surface area contributed by atoms with Gasteiger partial charge in [0.1, 0.15) is 5.75 Å². The minimum Gasteiger partial charge on any atom is -0.406 e. The van der Waals surface area contributed by atoms with Gasteiger partial charge < -0.3 is 14.2 Å². The predicted molar refractivity (Wildman–Crippen MR) is 120 cm³/mol. The summed E-state index contributed by atoms with van der Waals surface area (Å²) in [4.78, 5) is 7.19. The highest BCUT2D eigenvalue weighted by Crippen LogP contribution is 2.33. The first kappa shape index (κ1) is 21.1. The maximum absolute atomic E-state index is 12.7. The minimum atomic E-state index is -4.73. The summed E-state index contributed by atoms with van der Waals surface area (Å²) in [5.74, 6) is -0.234. The molecule has 0 bridgehead atoms. The van der Waals surface area contributed by atoms with Crippen LogP contribution in [0.3, 0.4) is 0 Å². The number of fused-ring (bicyclic) bond motifs is 2. The van der Waals surface area contributed by atoms with Crippen molar-refractivity contribution >= 4 is 33.4 Å². The summed E-state index contributed by atoms with van der Waals surface area (Å²) in [7, 11) is 0. The Morgan fingerprint density at radius 2 is 1.75 bits per heavy atom. The highest BCUT2D eigenvalue weighted by molar-refractivity contribution is 6.35. The van der Waals surface area contributed by atoms with E-state index in [0.717, 1.165) is 41.9 Å². The van der Waals surface area contributed by atoms with Gasteiger partial charge in [-0.15, -0.1) is 13.2 Å². The molecular formula is C24H21ClF3N3O. The standard InChI is InChI=1S/C24H21ClF3N3O/c25-19-5-3-4-16-6-8-20(29-23(16)19)22-15-17-14-18(32-24(26,27)28)7-9-21(17)31(22)13-12-30-10-1-2-11-30/h3-9,14-15H,1-2,10-13H2. The highest BCUT2D eigenvalue weighted by atomic mass is 35.5. The molecule has 8 heteroatoms. The van der Waals surface area contributed by atoms with Crippen molar-refractivity contribution in [3.63, 3.8) is 0 Å². The Labute approximate surface area is 188 Å². The zero-order valence-corrected chi connectivity index (χ0v) is 18.0. The first-order valence-corrected chi connectivity index (χ1v) is 10.9. The van der Waals surface area contributed by atoms with Crippen LogP contribution in [0.1, 0.15) is 12.8 Å². The summed E-state index contributed by atoms with van der Waals surface area (Å²) in [6, 6.07) is 15.8. The molecule has 1 aliphatic heterocycles. The largest absolute Gasteiger partial charge is 0.573 e. The topological polar surface area (TPSA) is 30.3 Å². The van der Waals surface area contributed by atoms with Crippen molar-refractivity contribution in [2.75, 3.05) is 19.6 Å². The molecule has 4 nitrogen and oxygen atoms in total.